The maximum atomic E-state index is 13.6. The molecular weight excluding hydrogens is 550 g/mol. The second-order valence-corrected chi connectivity index (χ2v) is 12.8. The van der Waals surface area contributed by atoms with Crippen LogP contribution in [0.1, 0.15) is 46.1 Å². The number of rotatable bonds is 9. The van der Waals surface area contributed by atoms with Crippen molar-refractivity contribution in [1.29, 1.82) is 0 Å². The minimum Gasteiger partial charge on any atom is -0.497 e. The van der Waals surface area contributed by atoms with Crippen LogP contribution in [-0.4, -0.2) is 62.3 Å². The van der Waals surface area contributed by atoms with E-state index in [0.29, 0.717) is 42.1 Å². The van der Waals surface area contributed by atoms with Gasteiger partial charge in [-0.1, -0.05) is 30.3 Å². The number of nitrogens with zero attached hydrogens (tertiary/aromatic N) is 2. The van der Waals surface area contributed by atoms with Crippen molar-refractivity contribution in [1.82, 2.24) is 9.21 Å². The molecule has 2 aliphatic heterocycles. The number of carbonyl (C=O) groups is 2. The van der Waals surface area contributed by atoms with Gasteiger partial charge in [0.15, 0.2) is 0 Å². The zero-order valence-electron chi connectivity index (χ0n) is 22.6. The van der Waals surface area contributed by atoms with Crippen LogP contribution >= 0.6 is 11.3 Å². The average molecular weight is 584 g/mol. The SMILES string of the molecule is CCOC(=O)c1c(NC(=O)C2CCCN2S(=O)(=O)c2ccc(OC)cc2)sc2c1CCN(Cc1ccccc1)C2. The maximum Gasteiger partial charge on any atom is 0.341 e. The third-order valence-electron chi connectivity index (χ3n) is 7.27. The molecule has 5 rings (SSSR count). The lowest BCUT2D eigenvalue weighted by atomic mass is 10.0. The van der Waals surface area contributed by atoms with Crippen molar-refractivity contribution >= 4 is 38.2 Å². The summed E-state index contributed by atoms with van der Waals surface area (Å²) in [6.07, 6.45) is 1.61. The molecule has 0 spiro atoms. The maximum absolute atomic E-state index is 13.6. The van der Waals surface area contributed by atoms with Crippen molar-refractivity contribution in [2.75, 3.05) is 32.1 Å². The monoisotopic (exact) mass is 583 g/mol. The summed E-state index contributed by atoms with van der Waals surface area (Å²) in [5.74, 6) is -0.369. The van der Waals surface area contributed by atoms with E-state index in [4.69, 9.17) is 9.47 Å². The van der Waals surface area contributed by atoms with Gasteiger partial charge >= 0.3 is 5.97 Å². The molecule has 2 aromatic carbocycles. The molecule has 2 aliphatic rings. The lowest BCUT2D eigenvalue weighted by Crippen LogP contribution is -2.43. The van der Waals surface area contributed by atoms with Crippen molar-refractivity contribution in [2.24, 2.45) is 0 Å². The summed E-state index contributed by atoms with van der Waals surface area (Å²) in [6.45, 7) is 4.42. The predicted molar refractivity (Wildman–Crippen MR) is 153 cm³/mol. The fourth-order valence-electron chi connectivity index (χ4n) is 5.31. The van der Waals surface area contributed by atoms with E-state index in [0.717, 1.165) is 23.5 Å². The third kappa shape index (κ3) is 5.78. The fraction of sp³-hybridized carbons (Fsp3) is 0.379. The van der Waals surface area contributed by atoms with Gasteiger partial charge in [-0.2, -0.15) is 4.31 Å². The summed E-state index contributed by atoms with van der Waals surface area (Å²) < 4.78 is 38.6. The first-order chi connectivity index (χ1) is 19.3. The molecule has 1 fully saturated rings. The van der Waals surface area contributed by atoms with E-state index in [1.165, 1.54) is 40.4 Å². The Morgan fingerprint density at radius 3 is 2.52 bits per heavy atom. The number of ether oxygens (including phenoxy) is 2. The first-order valence-electron chi connectivity index (χ1n) is 13.4. The molecule has 0 aliphatic carbocycles. The molecule has 40 heavy (non-hydrogen) atoms. The van der Waals surface area contributed by atoms with Crippen molar-refractivity contribution in [2.45, 2.75) is 50.2 Å². The lowest BCUT2D eigenvalue weighted by Gasteiger charge is -2.27. The van der Waals surface area contributed by atoms with E-state index < -0.39 is 27.9 Å². The lowest BCUT2D eigenvalue weighted by molar-refractivity contribution is -0.119. The minimum absolute atomic E-state index is 0.102. The van der Waals surface area contributed by atoms with E-state index >= 15 is 0 Å². The predicted octanol–water partition coefficient (Wildman–Crippen LogP) is 4.28. The van der Waals surface area contributed by atoms with Gasteiger partial charge in [0, 0.05) is 31.1 Å². The largest absolute Gasteiger partial charge is 0.497 e. The molecule has 0 bridgehead atoms. The number of amides is 1. The first kappa shape index (κ1) is 28.3. The molecule has 3 heterocycles. The van der Waals surface area contributed by atoms with Crippen LogP contribution in [0.5, 0.6) is 5.75 Å². The number of carbonyl (C=O) groups excluding carboxylic acids is 2. The smallest absolute Gasteiger partial charge is 0.341 e. The molecule has 212 valence electrons. The van der Waals surface area contributed by atoms with Crippen LogP contribution in [-0.2, 0) is 39.1 Å². The Hall–Kier alpha value is -3.25. The number of fused-ring (bicyclic) bond motifs is 1. The summed E-state index contributed by atoms with van der Waals surface area (Å²) in [5, 5.41) is 3.34. The molecule has 9 nitrogen and oxygen atoms in total. The van der Waals surface area contributed by atoms with Crippen molar-refractivity contribution in [3.05, 3.63) is 76.2 Å². The zero-order chi connectivity index (χ0) is 28.3. The Morgan fingerprint density at radius 1 is 1.07 bits per heavy atom. The van der Waals surface area contributed by atoms with E-state index in [9.17, 15) is 18.0 Å². The van der Waals surface area contributed by atoms with Crippen LogP contribution in [0.15, 0.2) is 59.5 Å². The Kier molecular flexibility index (Phi) is 8.55. The highest BCUT2D eigenvalue weighted by Gasteiger charge is 2.40. The molecule has 3 aromatic rings. The number of methoxy groups -OCH3 is 1. The van der Waals surface area contributed by atoms with Crippen LogP contribution in [0.2, 0.25) is 0 Å². The Labute approximate surface area is 238 Å². The number of anilines is 1. The van der Waals surface area contributed by atoms with Gasteiger partial charge in [-0.25, -0.2) is 13.2 Å². The molecule has 0 radical (unpaired) electrons. The normalized spacial score (nSPS) is 17.8. The number of hydrogen-bond acceptors (Lipinski definition) is 8. The average Bonchev–Trinajstić information content (AvgIpc) is 3.59. The standard InChI is InChI=1S/C29H33N3O6S2/c1-3-38-29(34)26-23-15-17-31(18-20-8-5-4-6-9-20)19-25(23)39-28(26)30-27(33)24-10-7-16-32(24)40(35,36)22-13-11-21(37-2)12-14-22/h4-6,8-9,11-14,24H,3,7,10,15-19H2,1-2H3,(H,30,33). The molecule has 1 unspecified atom stereocenters. The van der Waals surface area contributed by atoms with Crippen molar-refractivity contribution in [3.63, 3.8) is 0 Å². The number of benzene rings is 2. The molecule has 1 saturated heterocycles. The van der Waals surface area contributed by atoms with Gasteiger partial charge in [-0.3, -0.25) is 9.69 Å². The topological polar surface area (TPSA) is 105 Å². The van der Waals surface area contributed by atoms with Crippen LogP contribution in [0.4, 0.5) is 5.00 Å². The Morgan fingerprint density at radius 2 is 1.82 bits per heavy atom. The zero-order valence-corrected chi connectivity index (χ0v) is 24.2. The van der Waals surface area contributed by atoms with Gasteiger partial charge in [0.05, 0.1) is 24.2 Å². The van der Waals surface area contributed by atoms with Crippen LogP contribution in [0.25, 0.3) is 0 Å². The van der Waals surface area contributed by atoms with Gasteiger partial charge in [0.1, 0.15) is 16.8 Å². The van der Waals surface area contributed by atoms with E-state index in [2.05, 4.69) is 22.3 Å². The number of esters is 1. The first-order valence-corrected chi connectivity index (χ1v) is 15.6. The van der Waals surface area contributed by atoms with Gasteiger partial charge in [-0.15, -0.1) is 11.3 Å². The highest BCUT2D eigenvalue weighted by atomic mass is 32.2. The van der Waals surface area contributed by atoms with Crippen LogP contribution in [0.3, 0.4) is 0 Å². The minimum atomic E-state index is -3.90. The third-order valence-corrected chi connectivity index (χ3v) is 10.3. The molecule has 1 amide bonds. The summed E-state index contributed by atoms with van der Waals surface area (Å²) in [6, 6.07) is 15.5. The Bertz CT molecular complexity index is 1470. The van der Waals surface area contributed by atoms with Crippen molar-refractivity contribution < 1.29 is 27.5 Å². The van der Waals surface area contributed by atoms with E-state index in [-0.39, 0.29) is 18.0 Å². The molecule has 1 aromatic heterocycles. The van der Waals surface area contributed by atoms with Gasteiger partial charge in [-0.05, 0) is 61.6 Å². The second-order valence-electron chi connectivity index (χ2n) is 9.81. The number of nitrogens with one attached hydrogen (secondary N) is 1. The number of sulfonamides is 1. The highest BCUT2D eigenvalue weighted by Crippen LogP contribution is 2.39. The highest BCUT2D eigenvalue weighted by molar-refractivity contribution is 7.89. The second kappa shape index (κ2) is 12.1. The van der Waals surface area contributed by atoms with Gasteiger partial charge in [0.25, 0.3) is 0 Å². The van der Waals surface area contributed by atoms with Crippen LogP contribution in [0, 0.1) is 0 Å². The van der Waals surface area contributed by atoms with Gasteiger partial charge < -0.3 is 14.8 Å². The summed E-state index contributed by atoms with van der Waals surface area (Å²) in [5.41, 5.74) is 2.50. The summed E-state index contributed by atoms with van der Waals surface area (Å²) in [7, 11) is -2.39. The van der Waals surface area contributed by atoms with Crippen LogP contribution < -0.4 is 10.1 Å². The fourth-order valence-corrected chi connectivity index (χ4v) is 8.25. The van der Waals surface area contributed by atoms with Gasteiger partial charge in [0.2, 0.25) is 15.9 Å². The molecule has 1 atom stereocenters. The number of thiophene rings is 1. The number of hydrogen-bond donors (Lipinski definition) is 1. The quantitative estimate of drug-likeness (QED) is 0.375. The summed E-state index contributed by atoms with van der Waals surface area (Å²) >= 11 is 1.37. The molecule has 11 heteroatoms. The molecular formula is C29H33N3O6S2. The molecule has 0 saturated carbocycles. The summed E-state index contributed by atoms with van der Waals surface area (Å²) in [4.78, 5) is 30.0. The molecule has 1 N–H and O–H groups in total. The van der Waals surface area contributed by atoms with E-state index in [1.807, 2.05) is 18.2 Å². The van der Waals surface area contributed by atoms with E-state index in [1.54, 1.807) is 19.1 Å². The van der Waals surface area contributed by atoms with Crippen molar-refractivity contribution in [3.8, 4) is 5.75 Å². The Balaban J connectivity index is 1.38.